The fourth-order valence-corrected chi connectivity index (χ4v) is 6.17. The molecule has 2 aliphatic rings. The maximum atomic E-state index is 11.7. The van der Waals surface area contributed by atoms with E-state index in [-0.39, 0.29) is 17.9 Å². The predicted molar refractivity (Wildman–Crippen MR) is 143 cm³/mol. The van der Waals surface area contributed by atoms with Gasteiger partial charge in [-0.15, -0.1) is 0 Å². The Morgan fingerprint density at radius 2 is 1.88 bits per heavy atom. The monoisotopic (exact) mass is 522 g/mol. The van der Waals surface area contributed by atoms with Crippen LogP contribution in [0.25, 0.3) is 0 Å². The fraction of sp³-hybridized carbons (Fsp3) is 0.500. The highest BCUT2D eigenvalue weighted by molar-refractivity contribution is 6.35. The number of halogens is 3. The van der Waals surface area contributed by atoms with Crippen molar-refractivity contribution in [3.05, 3.63) is 57.0 Å². The standard InChI is InChI=1S/C26H33Cl3N4O/c1-16-15-32(20-5-3-4-18(12-20)26(30)34)10-11-33(16)21-7-9-23(28)25(14-21)31-17(2)22-8-6-19(27)13-24(22)29/h6-9,13-14,16-18,20,31H,3-5,10-12,15H2,1-2H3,(H2,30,34)/t16-,17+,18-,20?/m0/s1. The molecule has 1 heterocycles. The highest BCUT2D eigenvalue weighted by Crippen LogP contribution is 2.35. The van der Waals surface area contributed by atoms with E-state index in [9.17, 15) is 4.79 Å². The lowest BCUT2D eigenvalue weighted by molar-refractivity contribution is -0.123. The average Bonchev–Trinajstić information content (AvgIpc) is 2.80. The van der Waals surface area contributed by atoms with Crippen LogP contribution in [0.4, 0.5) is 11.4 Å². The molecule has 2 fully saturated rings. The molecule has 4 atom stereocenters. The van der Waals surface area contributed by atoms with Gasteiger partial charge in [-0.25, -0.2) is 0 Å². The number of carbonyl (C=O) groups is 1. The van der Waals surface area contributed by atoms with Gasteiger partial charge in [0.05, 0.1) is 16.8 Å². The highest BCUT2D eigenvalue weighted by Gasteiger charge is 2.33. The molecule has 5 nitrogen and oxygen atoms in total. The zero-order chi connectivity index (χ0) is 24.4. The van der Waals surface area contributed by atoms with Crippen molar-refractivity contribution in [3.8, 4) is 0 Å². The summed E-state index contributed by atoms with van der Waals surface area (Å²) in [4.78, 5) is 16.7. The van der Waals surface area contributed by atoms with Gasteiger partial charge in [0, 0.05) is 53.4 Å². The minimum Gasteiger partial charge on any atom is -0.377 e. The minimum absolute atomic E-state index is 0.0214. The number of carbonyl (C=O) groups excluding carboxylic acids is 1. The summed E-state index contributed by atoms with van der Waals surface area (Å²) >= 11 is 19.0. The van der Waals surface area contributed by atoms with Crippen LogP contribution in [0.5, 0.6) is 0 Å². The van der Waals surface area contributed by atoms with Crippen LogP contribution in [-0.2, 0) is 4.79 Å². The van der Waals surface area contributed by atoms with Gasteiger partial charge in [-0.2, -0.15) is 0 Å². The van der Waals surface area contributed by atoms with Crippen LogP contribution in [0.2, 0.25) is 15.1 Å². The maximum Gasteiger partial charge on any atom is 0.220 e. The molecule has 2 aromatic carbocycles. The Kier molecular flexibility index (Phi) is 8.19. The Morgan fingerprint density at radius 1 is 1.09 bits per heavy atom. The maximum absolute atomic E-state index is 11.7. The lowest BCUT2D eigenvalue weighted by atomic mass is 9.84. The number of nitrogens with two attached hydrogens (primary N) is 1. The number of hydrogen-bond donors (Lipinski definition) is 2. The third kappa shape index (κ3) is 5.76. The second-order valence-electron chi connectivity index (χ2n) is 9.65. The van der Waals surface area contributed by atoms with Crippen molar-refractivity contribution in [2.24, 2.45) is 11.7 Å². The van der Waals surface area contributed by atoms with Gasteiger partial charge in [0.15, 0.2) is 0 Å². The summed E-state index contributed by atoms with van der Waals surface area (Å²) in [6.07, 6.45) is 4.05. The summed E-state index contributed by atoms with van der Waals surface area (Å²) in [5.41, 5.74) is 8.59. The zero-order valence-electron chi connectivity index (χ0n) is 19.7. The Hall–Kier alpha value is -1.66. The molecule has 0 aromatic heterocycles. The Balaban J connectivity index is 1.44. The fourth-order valence-electron chi connectivity index (χ4n) is 5.42. The third-order valence-corrected chi connectivity index (χ3v) is 8.20. The SMILES string of the molecule is C[C@@H](Nc1cc(N2CCN(C3CCC[C@H](C(N)=O)C3)C[C@@H]2C)ccc1Cl)c1ccc(Cl)cc1Cl. The molecule has 0 spiro atoms. The highest BCUT2D eigenvalue weighted by atomic mass is 35.5. The minimum atomic E-state index is -0.147. The van der Waals surface area contributed by atoms with Gasteiger partial charge in [-0.1, -0.05) is 47.3 Å². The van der Waals surface area contributed by atoms with Crippen molar-refractivity contribution < 1.29 is 4.79 Å². The first-order valence-electron chi connectivity index (χ1n) is 12.0. The Morgan fingerprint density at radius 3 is 2.59 bits per heavy atom. The summed E-state index contributed by atoms with van der Waals surface area (Å²) in [6.45, 7) is 7.20. The van der Waals surface area contributed by atoms with Crippen molar-refractivity contribution in [1.29, 1.82) is 0 Å². The topological polar surface area (TPSA) is 61.6 Å². The van der Waals surface area contributed by atoms with Crippen LogP contribution >= 0.6 is 34.8 Å². The van der Waals surface area contributed by atoms with Gasteiger partial charge in [-0.3, -0.25) is 9.69 Å². The van der Waals surface area contributed by atoms with Crippen molar-refractivity contribution in [2.45, 2.75) is 57.7 Å². The molecule has 1 unspecified atom stereocenters. The summed E-state index contributed by atoms with van der Waals surface area (Å²) < 4.78 is 0. The molecule has 4 rings (SSSR count). The first kappa shape index (κ1) is 25.4. The largest absolute Gasteiger partial charge is 0.377 e. The van der Waals surface area contributed by atoms with Crippen LogP contribution in [0.1, 0.15) is 51.1 Å². The molecule has 8 heteroatoms. The quantitative estimate of drug-likeness (QED) is 0.461. The van der Waals surface area contributed by atoms with Crippen molar-refractivity contribution in [1.82, 2.24) is 4.90 Å². The third-order valence-electron chi connectivity index (χ3n) is 7.31. The van der Waals surface area contributed by atoms with Crippen molar-refractivity contribution >= 4 is 52.1 Å². The summed E-state index contributed by atoms with van der Waals surface area (Å²) in [5, 5.41) is 5.44. The Bertz CT molecular complexity index is 1030. The summed E-state index contributed by atoms with van der Waals surface area (Å²) in [7, 11) is 0. The molecule has 34 heavy (non-hydrogen) atoms. The second-order valence-corrected chi connectivity index (χ2v) is 10.9. The lowest BCUT2D eigenvalue weighted by Crippen LogP contribution is -2.56. The number of anilines is 2. The zero-order valence-corrected chi connectivity index (χ0v) is 22.0. The molecule has 184 valence electrons. The van der Waals surface area contributed by atoms with E-state index >= 15 is 0 Å². The number of nitrogens with zero attached hydrogens (tertiary/aromatic N) is 2. The first-order chi connectivity index (χ1) is 16.2. The van der Waals surface area contributed by atoms with Crippen LogP contribution < -0.4 is 16.0 Å². The molecule has 1 aliphatic carbocycles. The smallest absolute Gasteiger partial charge is 0.220 e. The van der Waals surface area contributed by atoms with E-state index in [1.807, 2.05) is 18.2 Å². The molecular formula is C26H33Cl3N4O. The van der Waals surface area contributed by atoms with E-state index < -0.39 is 0 Å². The predicted octanol–water partition coefficient (Wildman–Crippen LogP) is 6.37. The second kappa shape index (κ2) is 10.9. The Labute approximate surface area is 217 Å². The lowest BCUT2D eigenvalue weighted by Gasteiger charge is -2.46. The number of rotatable bonds is 6. The molecular weight excluding hydrogens is 491 g/mol. The summed E-state index contributed by atoms with van der Waals surface area (Å²) in [6, 6.07) is 12.5. The number of nitrogens with one attached hydrogen (secondary N) is 1. The number of hydrogen-bond acceptors (Lipinski definition) is 4. The van der Waals surface area contributed by atoms with E-state index in [1.54, 1.807) is 6.07 Å². The molecule has 2 aromatic rings. The number of amides is 1. The molecule has 1 saturated carbocycles. The first-order valence-corrected chi connectivity index (χ1v) is 13.2. The number of piperazine rings is 1. The van der Waals surface area contributed by atoms with Crippen LogP contribution in [0.15, 0.2) is 36.4 Å². The van der Waals surface area contributed by atoms with Crippen molar-refractivity contribution in [2.75, 3.05) is 29.9 Å². The van der Waals surface area contributed by atoms with Crippen LogP contribution in [0, 0.1) is 5.92 Å². The molecule has 0 bridgehead atoms. The van der Waals surface area contributed by atoms with Crippen LogP contribution in [0.3, 0.4) is 0 Å². The molecule has 1 aliphatic heterocycles. The average molecular weight is 524 g/mol. The van der Waals surface area contributed by atoms with E-state index in [4.69, 9.17) is 40.5 Å². The van der Waals surface area contributed by atoms with E-state index in [2.05, 4.69) is 41.1 Å². The normalized spacial score (nSPS) is 24.6. The molecule has 3 N–H and O–H groups in total. The van der Waals surface area contributed by atoms with Crippen molar-refractivity contribution in [3.63, 3.8) is 0 Å². The van der Waals surface area contributed by atoms with Gasteiger partial charge < -0.3 is 16.0 Å². The summed E-state index contributed by atoms with van der Waals surface area (Å²) in [5.74, 6) is -0.125. The molecule has 0 radical (unpaired) electrons. The number of primary amides is 1. The van der Waals surface area contributed by atoms with Gasteiger partial charge in [-0.05, 0) is 69.0 Å². The van der Waals surface area contributed by atoms with Gasteiger partial charge in [0.2, 0.25) is 5.91 Å². The van der Waals surface area contributed by atoms with Gasteiger partial charge in [0.1, 0.15) is 0 Å². The molecule has 1 saturated heterocycles. The van der Waals surface area contributed by atoms with Crippen LogP contribution in [-0.4, -0.2) is 42.5 Å². The van der Waals surface area contributed by atoms with E-state index in [1.165, 1.54) is 0 Å². The van der Waals surface area contributed by atoms with E-state index in [0.717, 1.165) is 62.3 Å². The van der Waals surface area contributed by atoms with Gasteiger partial charge in [0.25, 0.3) is 0 Å². The number of benzene rings is 2. The van der Waals surface area contributed by atoms with Gasteiger partial charge >= 0.3 is 0 Å². The van der Waals surface area contributed by atoms with E-state index in [0.29, 0.717) is 27.2 Å². The molecule has 1 amide bonds.